The predicted molar refractivity (Wildman–Crippen MR) is 75.4 cm³/mol. The molecule has 3 unspecified atom stereocenters. The van der Waals surface area contributed by atoms with Crippen molar-refractivity contribution < 1.29 is 0 Å². The molecule has 3 heteroatoms. The largest absolute Gasteiger partial charge is 0.329 e. The number of hydrogen-bond donors (Lipinski definition) is 1. The molecule has 0 aliphatic carbocycles. The first-order valence-corrected chi connectivity index (χ1v) is 7.45. The second-order valence-electron chi connectivity index (χ2n) is 5.42. The molecule has 3 atom stereocenters. The van der Waals surface area contributed by atoms with Crippen molar-refractivity contribution in [3.8, 4) is 0 Å². The van der Waals surface area contributed by atoms with E-state index in [0.717, 1.165) is 12.5 Å². The van der Waals surface area contributed by atoms with Crippen LogP contribution in [-0.2, 0) is 0 Å². The Morgan fingerprint density at radius 2 is 2.24 bits per heavy atom. The van der Waals surface area contributed by atoms with Crippen molar-refractivity contribution >= 4 is 11.3 Å². The van der Waals surface area contributed by atoms with Crippen LogP contribution >= 0.6 is 11.3 Å². The smallest absolute Gasteiger partial charge is 0.0566 e. The summed E-state index contributed by atoms with van der Waals surface area (Å²) in [5.74, 6) is 0.866. The fourth-order valence-electron chi connectivity index (χ4n) is 2.94. The highest BCUT2D eigenvalue weighted by molar-refractivity contribution is 7.12. The first-order valence-electron chi connectivity index (χ1n) is 6.64. The van der Waals surface area contributed by atoms with Crippen LogP contribution in [0.15, 0.2) is 12.1 Å². The summed E-state index contributed by atoms with van der Waals surface area (Å²) in [6.45, 7) is 8.81. The molecule has 1 saturated heterocycles. The summed E-state index contributed by atoms with van der Waals surface area (Å²) >= 11 is 1.90. The summed E-state index contributed by atoms with van der Waals surface area (Å²) in [6.07, 6.45) is 2.62. The number of rotatable bonds is 3. The van der Waals surface area contributed by atoms with Crippen LogP contribution in [0.4, 0.5) is 0 Å². The molecule has 17 heavy (non-hydrogen) atoms. The highest BCUT2D eigenvalue weighted by Gasteiger charge is 2.29. The Morgan fingerprint density at radius 3 is 2.76 bits per heavy atom. The summed E-state index contributed by atoms with van der Waals surface area (Å²) in [4.78, 5) is 5.42. The maximum Gasteiger partial charge on any atom is 0.0566 e. The van der Waals surface area contributed by atoms with Gasteiger partial charge >= 0.3 is 0 Å². The van der Waals surface area contributed by atoms with Crippen molar-refractivity contribution in [1.29, 1.82) is 0 Å². The van der Waals surface area contributed by atoms with Gasteiger partial charge in [0.1, 0.15) is 0 Å². The van der Waals surface area contributed by atoms with Crippen LogP contribution < -0.4 is 5.73 Å². The van der Waals surface area contributed by atoms with Crippen molar-refractivity contribution in [2.75, 3.05) is 13.1 Å². The van der Waals surface area contributed by atoms with Crippen LogP contribution in [-0.4, -0.2) is 24.0 Å². The average molecular weight is 252 g/mol. The molecule has 1 aromatic rings. The molecular weight excluding hydrogens is 228 g/mol. The van der Waals surface area contributed by atoms with Crippen molar-refractivity contribution in [2.24, 2.45) is 11.7 Å². The molecule has 0 spiro atoms. The molecule has 2 rings (SSSR count). The summed E-state index contributed by atoms with van der Waals surface area (Å²) in [5.41, 5.74) is 6.01. The Balaban J connectivity index is 2.13. The SMILES string of the molecule is Cc1ccc(C(CN)N2CCC(C)CC2C)s1. The van der Waals surface area contributed by atoms with E-state index >= 15 is 0 Å². The van der Waals surface area contributed by atoms with E-state index in [1.165, 1.54) is 29.1 Å². The zero-order valence-corrected chi connectivity index (χ0v) is 12.0. The number of hydrogen-bond acceptors (Lipinski definition) is 3. The van der Waals surface area contributed by atoms with Crippen molar-refractivity contribution in [1.82, 2.24) is 4.90 Å². The van der Waals surface area contributed by atoms with Gasteiger partial charge in [-0.2, -0.15) is 0 Å². The van der Waals surface area contributed by atoms with Crippen LogP contribution in [0.3, 0.4) is 0 Å². The van der Waals surface area contributed by atoms with Gasteiger partial charge in [-0.05, 0) is 51.3 Å². The minimum Gasteiger partial charge on any atom is -0.329 e. The number of aryl methyl sites for hydroxylation is 1. The van der Waals surface area contributed by atoms with Gasteiger partial charge in [-0.15, -0.1) is 11.3 Å². The van der Waals surface area contributed by atoms with Gasteiger partial charge in [0.2, 0.25) is 0 Å². The number of thiophene rings is 1. The molecule has 1 aliphatic heterocycles. The van der Waals surface area contributed by atoms with Gasteiger partial charge in [-0.1, -0.05) is 6.92 Å². The first kappa shape index (κ1) is 13.1. The fourth-order valence-corrected chi connectivity index (χ4v) is 3.95. The maximum absolute atomic E-state index is 6.01. The van der Waals surface area contributed by atoms with Crippen molar-refractivity contribution in [3.05, 3.63) is 21.9 Å². The molecule has 2 heterocycles. The average Bonchev–Trinajstić information content (AvgIpc) is 2.69. The van der Waals surface area contributed by atoms with Crippen LogP contribution in [0, 0.1) is 12.8 Å². The maximum atomic E-state index is 6.01. The van der Waals surface area contributed by atoms with Gasteiger partial charge in [0.05, 0.1) is 6.04 Å². The zero-order valence-electron chi connectivity index (χ0n) is 11.1. The Hall–Kier alpha value is -0.380. The molecule has 2 N–H and O–H groups in total. The van der Waals surface area contributed by atoms with E-state index in [2.05, 4.69) is 37.8 Å². The van der Waals surface area contributed by atoms with E-state index in [1.54, 1.807) is 0 Å². The lowest BCUT2D eigenvalue weighted by Gasteiger charge is -2.41. The minimum absolute atomic E-state index is 0.427. The molecule has 96 valence electrons. The molecule has 1 aliphatic rings. The molecule has 2 nitrogen and oxygen atoms in total. The van der Waals surface area contributed by atoms with Crippen LogP contribution in [0.1, 0.15) is 42.5 Å². The molecule has 0 amide bonds. The normalized spacial score (nSPS) is 28.2. The van der Waals surface area contributed by atoms with Gasteiger partial charge in [0.15, 0.2) is 0 Å². The van der Waals surface area contributed by atoms with Gasteiger partial charge in [-0.25, -0.2) is 0 Å². The Labute approximate surface area is 109 Å². The minimum atomic E-state index is 0.427. The Bertz CT molecular complexity index is 361. The first-order chi connectivity index (χ1) is 8.11. The number of nitrogens with zero attached hydrogens (tertiary/aromatic N) is 1. The topological polar surface area (TPSA) is 29.3 Å². The van der Waals surface area contributed by atoms with Crippen LogP contribution in [0.5, 0.6) is 0 Å². The lowest BCUT2D eigenvalue weighted by molar-refractivity contribution is 0.0863. The molecule has 0 bridgehead atoms. The standard InChI is InChI=1S/C14H24N2S/c1-10-6-7-16(11(2)8-10)13(9-15)14-5-4-12(3)17-14/h4-5,10-11,13H,6-9,15H2,1-3H3. The third-order valence-corrected chi connectivity index (χ3v) is 5.00. The van der Waals surface area contributed by atoms with Crippen LogP contribution in [0.25, 0.3) is 0 Å². The second kappa shape index (κ2) is 5.51. The molecular formula is C14H24N2S. The third kappa shape index (κ3) is 2.90. The monoisotopic (exact) mass is 252 g/mol. The van der Waals surface area contributed by atoms with E-state index in [4.69, 9.17) is 5.73 Å². The van der Waals surface area contributed by atoms with E-state index in [9.17, 15) is 0 Å². The van der Waals surface area contributed by atoms with E-state index in [-0.39, 0.29) is 0 Å². The number of nitrogens with two attached hydrogens (primary N) is 1. The molecule has 0 radical (unpaired) electrons. The van der Waals surface area contributed by atoms with Crippen molar-refractivity contribution in [2.45, 2.75) is 45.7 Å². The van der Waals surface area contributed by atoms with E-state index < -0.39 is 0 Å². The Morgan fingerprint density at radius 1 is 1.47 bits per heavy atom. The second-order valence-corrected chi connectivity index (χ2v) is 6.74. The number of piperidine rings is 1. The zero-order chi connectivity index (χ0) is 12.4. The lowest BCUT2D eigenvalue weighted by atomic mass is 9.92. The molecule has 1 aromatic heterocycles. The van der Waals surface area contributed by atoms with Gasteiger partial charge in [-0.3, -0.25) is 4.90 Å². The molecule has 1 fully saturated rings. The summed E-state index contributed by atoms with van der Waals surface area (Å²) < 4.78 is 0. The highest BCUT2D eigenvalue weighted by Crippen LogP contribution is 2.33. The highest BCUT2D eigenvalue weighted by atomic mass is 32.1. The van der Waals surface area contributed by atoms with Gasteiger partial charge < -0.3 is 5.73 Å². The van der Waals surface area contributed by atoms with Gasteiger partial charge in [0.25, 0.3) is 0 Å². The fraction of sp³-hybridized carbons (Fsp3) is 0.714. The Kier molecular flexibility index (Phi) is 4.23. The van der Waals surface area contributed by atoms with E-state index in [0.29, 0.717) is 12.1 Å². The third-order valence-electron chi connectivity index (χ3n) is 3.90. The number of likely N-dealkylation sites (tertiary alicyclic amines) is 1. The summed E-state index contributed by atoms with van der Waals surface area (Å²) in [5, 5.41) is 0. The van der Waals surface area contributed by atoms with E-state index in [1.807, 2.05) is 11.3 Å². The van der Waals surface area contributed by atoms with Gasteiger partial charge in [0, 0.05) is 22.3 Å². The summed E-state index contributed by atoms with van der Waals surface area (Å²) in [7, 11) is 0. The van der Waals surface area contributed by atoms with Crippen molar-refractivity contribution in [3.63, 3.8) is 0 Å². The lowest BCUT2D eigenvalue weighted by Crippen LogP contribution is -2.44. The molecule has 0 aromatic carbocycles. The quantitative estimate of drug-likeness (QED) is 0.895. The van der Waals surface area contributed by atoms with Crippen LogP contribution in [0.2, 0.25) is 0 Å². The predicted octanol–water partition coefficient (Wildman–Crippen LogP) is 3.18. The molecule has 0 saturated carbocycles. The summed E-state index contributed by atoms with van der Waals surface area (Å²) in [6, 6.07) is 5.55.